The first-order valence-electron chi connectivity index (χ1n) is 8.40. The maximum absolute atomic E-state index is 12.8. The van der Waals surface area contributed by atoms with Gasteiger partial charge in [-0.3, -0.25) is 24.8 Å². The molecule has 1 saturated heterocycles. The van der Waals surface area contributed by atoms with Gasteiger partial charge in [0, 0.05) is 29.8 Å². The summed E-state index contributed by atoms with van der Waals surface area (Å²) in [6, 6.07) is 2.77. The van der Waals surface area contributed by atoms with E-state index < -0.39 is 4.92 Å². The molecule has 0 saturated carbocycles. The number of amidine groups is 1. The first-order valence-corrected chi connectivity index (χ1v) is 9.22. The standard InChI is InChI=1S/C18H23N3O5S/c1-10(2)19-18-20(11(3)4)17(22)16(27-18)8-12-7-13(21(23)24)15(26-6)9-14(12)25-5/h7-11H,1-6H3/b16-8+,19-18?. The van der Waals surface area contributed by atoms with E-state index in [2.05, 4.69) is 4.99 Å². The zero-order chi connectivity index (χ0) is 20.3. The minimum atomic E-state index is -0.532. The van der Waals surface area contributed by atoms with Crippen LogP contribution in [0.25, 0.3) is 6.08 Å². The zero-order valence-corrected chi connectivity index (χ0v) is 17.0. The first-order chi connectivity index (χ1) is 12.7. The van der Waals surface area contributed by atoms with E-state index >= 15 is 0 Å². The molecule has 9 heteroatoms. The van der Waals surface area contributed by atoms with Crippen molar-refractivity contribution in [1.82, 2.24) is 4.90 Å². The van der Waals surface area contributed by atoms with Crippen molar-refractivity contribution >= 4 is 34.6 Å². The minimum absolute atomic E-state index is 0.0394. The zero-order valence-electron chi connectivity index (χ0n) is 16.2. The summed E-state index contributed by atoms with van der Waals surface area (Å²) in [5.74, 6) is 0.286. The molecule has 1 amide bonds. The molecule has 0 radical (unpaired) electrons. The second kappa shape index (κ2) is 8.43. The van der Waals surface area contributed by atoms with Crippen molar-refractivity contribution < 1.29 is 19.2 Å². The first kappa shape index (κ1) is 20.8. The lowest BCUT2D eigenvalue weighted by Crippen LogP contribution is -2.35. The molecule has 2 rings (SSSR count). The predicted octanol–water partition coefficient (Wildman–Crippen LogP) is 3.70. The van der Waals surface area contributed by atoms with E-state index in [0.29, 0.717) is 21.4 Å². The number of aliphatic imine (C=N–C) groups is 1. The van der Waals surface area contributed by atoms with Gasteiger partial charge >= 0.3 is 5.69 Å². The highest BCUT2D eigenvalue weighted by molar-refractivity contribution is 8.18. The molecule has 0 N–H and O–H groups in total. The number of ether oxygens (including phenoxy) is 2. The lowest BCUT2D eigenvalue weighted by Gasteiger charge is -2.20. The van der Waals surface area contributed by atoms with Gasteiger partial charge < -0.3 is 9.47 Å². The lowest BCUT2D eigenvalue weighted by atomic mass is 10.1. The Kier molecular flexibility index (Phi) is 6.48. The Hall–Kier alpha value is -2.55. The second-order valence-corrected chi connectivity index (χ2v) is 7.42. The van der Waals surface area contributed by atoms with Gasteiger partial charge in [-0.15, -0.1) is 0 Å². The van der Waals surface area contributed by atoms with E-state index in [0.717, 1.165) is 0 Å². The SMILES string of the molecule is COc1cc(OC)c([N+](=O)[O-])cc1/C=C1/SC(=NC(C)C)N(C(C)C)C1=O. The van der Waals surface area contributed by atoms with Gasteiger partial charge in [-0.25, -0.2) is 0 Å². The fourth-order valence-electron chi connectivity index (χ4n) is 2.56. The number of carbonyl (C=O) groups is 1. The van der Waals surface area contributed by atoms with Crippen LogP contribution in [0.1, 0.15) is 33.3 Å². The van der Waals surface area contributed by atoms with Crippen LogP contribution >= 0.6 is 11.8 Å². The molecule has 1 aromatic carbocycles. The quantitative estimate of drug-likeness (QED) is 0.415. The van der Waals surface area contributed by atoms with Crippen molar-refractivity contribution in [3.63, 3.8) is 0 Å². The summed E-state index contributed by atoms with van der Waals surface area (Å²) in [7, 11) is 2.81. The van der Waals surface area contributed by atoms with Crippen molar-refractivity contribution in [2.45, 2.75) is 39.8 Å². The van der Waals surface area contributed by atoms with Crippen LogP contribution in [-0.4, -0.2) is 47.2 Å². The van der Waals surface area contributed by atoms with Crippen LogP contribution in [0.3, 0.4) is 0 Å². The second-order valence-electron chi connectivity index (χ2n) is 6.41. The van der Waals surface area contributed by atoms with Crippen molar-refractivity contribution in [2.24, 2.45) is 4.99 Å². The Morgan fingerprint density at radius 2 is 1.81 bits per heavy atom. The van der Waals surface area contributed by atoms with Crippen molar-refractivity contribution in [2.75, 3.05) is 14.2 Å². The highest BCUT2D eigenvalue weighted by atomic mass is 32.2. The fraction of sp³-hybridized carbons (Fsp3) is 0.444. The van der Waals surface area contributed by atoms with Gasteiger partial charge in [0.05, 0.1) is 24.0 Å². The topological polar surface area (TPSA) is 94.3 Å². The number of rotatable bonds is 6. The number of thioether (sulfide) groups is 1. The molecule has 27 heavy (non-hydrogen) atoms. The van der Waals surface area contributed by atoms with E-state index in [1.165, 1.54) is 38.1 Å². The van der Waals surface area contributed by atoms with Gasteiger partial charge in [-0.1, -0.05) is 0 Å². The molecule has 0 spiro atoms. The Morgan fingerprint density at radius 1 is 1.19 bits per heavy atom. The molecule has 0 bridgehead atoms. The molecule has 1 heterocycles. The molecular weight excluding hydrogens is 370 g/mol. The van der Waals surface area contributed by atoms with Crippen LogP contribution in [0.4, 0.5) is 5.69 Å². The molecule has 1 aliphatic heterocycles. The van der Waals surface area contributed by atoms with Gasteiger partial charge in [-0.05, 0) is 45.5 Å². The summed E-state index contributed by atoms with van der Waals surface area (Å²) in [5, 5.41) is 11.9. The number of amides is 1. The molecule has 0 atom stereocenters. The summed E-state index contributed by atoms with van der Waals surface area (Å²) < 4.78 is 10.4. The summed E-state index contributed by atoms with van der Waals surface area (Å²) in [5.41, 5.74) is 0.229. The van der Waals surface area contributed by atoms with E-state index in [1.807, 2.05) is 27.7 Å². The van der Waals surface area contributed by atoms with Gasteiger partial charge in [0.25, 0.3) is 5.91 Å². The summed E-state index contributed by atoms with van der Waals surface area (Å²) in [6.07, 6.45) is 1.59. The number of carbonyl (C=O) groups excluding carboxylic acids is 1. The van der Waals surface area contributed by atoms with Crippen molar-refractivity contribution in [3.8, 4) is 11.5 Å². The highest BCUT2D eigenvalue weighted by Crippen LogP contribution is 2.39. The number of methoxy groups -OCH3 is 2. The number of benzene rings is 1. The summed E-state index contributed by atoms with van der Waals surface area (Å²) in [6.45, 7) is 7.70. The van der Waals surface area contributed by atoms with Gasteiger partial charge in [0.1, 0.15) is 5.75 Å². The molecule has 1 aliphatic rings. The molecule has 1 aromatic rings. The van der Waals surface area contributed by atoms with E-state index in [9.17, 15) is 14.9 Å². The molecule has 1 fully saturated rings. The van der Waals surface area contributed by atoms with E-state index in [-0.39, 0.29) is 29.4 Å². The number of hydrogen-bond acceptors (Lipinski definition) is 7. The van der Waals surface area contributed by atoms with Gasteiger partial charge in [0.2, 0.25) is 5.75 Å². The smallest absolute Gasteiger partial charge is 0.311 e. The summed E-state index contributed by atoms with van der Waals surface area (Å²) >= 11 is 1.25. The highest BCUT2D eigenvalue weighted by Gasteiger charge is 2.35. The third-order valence-corrected chi connectivity index (χ3v) is 4.73. The number of nitrogens with zero attached hydrogens (tertiary/aromatic N) is 3. The Balaban J connectivity index is 2.56. The fourth-order valence-corrected chi connectivity index (χ4v) is 3.78. The third kappa shape index (κ3) is 4.41. The molecule has 0 aromatic heterocycles. The van der Waals surface area contributed by atoms with Gasteiger partial charge in [-0.2, -0.15) is 0 Å². The normalized spacial score (nSPS) is 17.5. The Labute approximate surface area is 162 Å². The van der Waals surface area contributed by atoms with Crippen LogP contribution in [0.15, 0.2) is 22.0 Å². The number of hydrogen-bond donors (Lipinski definition) is 0. The summed E-state index contributed by atoms with van der Waals surface area (Å²) in [4.78, 5) is 30.2. The van der Waals surface area contributed by atoms with Crippen LogP contribution in [0.5, 0.6) is 11.5 Å². The molecule has 146 valence electrons. The molecule has 8 nitrogen and oxygen atoms in total. The number of nitro groups is 1. The predicted molar refractivity (Wildman–Crippen MR) is 106 cm³/mol. The minimum Gasteiger partial charge on any atom is -0.496 e. The average Bonchev–Trinajstić information content (AvgIpc) is 2.88. The van der Waals surface area contributed by atoms with Crippen LogP contribution < -0.4 is 9.47 Å². The largest absolute Gasteiger partial charge is 0.496 e. The third-order valence-electron chi connectivity index (χ3n) is 3.74. The average molecular weight is 393 g/mol. The maximum Gasteiger partial charge on any atom is 0.311 e. The van der Waals surface area contributed by atoms with Crippen molar-refractivity contribution in [1.29, 1.82) is 0 Å². The van der Waals surface area contributed by atoms with E-state index in [4.69, 9.17) is 9.47 Å². The molecular formula is C18H23N3O5S. The molecule has 0 aliphatic carbocycles. The Morgan fingerprint density at radius 3 is 2.30 bits per heavy atom. The molecule has 0 unspecified atom stereocenters. The van der Waals surface area contributed by atoms with Gasteiger partial charge in [0.15, 0.2) is 5.17 Å². The maximum atomic E-state index is 12.8. The number of nitro benzene ring substituents is 1. The van der Waals surface area contributed by atoms with E-state index in [1.54, 1.807) is 11.0 Å². The lowest BCUT2D eigenvalue weighted by molar-refractivity contribution is -0.385. The Bertz CT molecular complexity index is 817. The van der Waals surface area contributed by atoms with Crippen LogP contribution in [-0.2, 0) is 4.79 Å². The monoisotopic (exact) mass is 393 g/mol. The van der Waals surface area contributed by atoms with Crippen LogP contribution in [0, 0.1) is 10.1 Å². The van der Waals surface area contributed by atoms with Crippen LogP contribution in [0.2, 0.25) is 0 Å². The van der Waals surface area contributed by atoms with Crippen molar-refractivity contribution in [3.05, 3.63) is 32.7 Å².